The second-order valence-corrected chi connectivity index (χ2v) is 8.80. The molecule has 32 heavy (non-hydrogen) atoms. The Balaban J connectivity index is 1.86. The van der Waals surface area contributed by atoms with E-state index in [4.69, 9.17) is 9.47 Å². The molecule has 12 heteroatoms. The number of esters is 1. The van der Waals surface area contributed by atoms with E-state index < -0.39 is 50.4 Å². The fourth-order valence-electron chi connectivity index (χ4n) is 3.04. The molecule has 0 saturated carbocycles. The maximum atomic E-state index is 14.5. The number of rotatable bonds is 5. The van der Waals surface area contributed by atoms with Gasteiger partial charge in [-0.2, -0.15) is 4.31 Å². The molecule has 1 aliphatic heterocycles. The number of ether oxygens (including phenoxy) is 2. The molecule has 1 fully saturated rings. The van der Waals surface area contributed by atoms with Gasteiger partial charge in [0.05, 0.1) is 19.8 Å². The summed E-state index contributed by atoms with van der Waals surface area (Å²) in [6.07, 6.45) is -0.882. The third-order valence-corrected chi connectivity index (χ3v) is 6.40. The highest BCUT2D eigenvalue weighted by Gasteiger charge is 2.33. The first-order chi connectivity index (χ1) is 15.1. The fourth-order valence-corrected chi connectivity index (χ4v) is 4.58. The van der Waals surface area contributed by atoms with Gasteiger partial charge in [-0.3, -0.25) is 9.59 Å². The number of nitrogens with zero attached hydrogens (tertiary/aromatic N) is 1. The minimum absolute atomic E-state index is 0.00504. The van der Waals surface area contributed by atoms with Gasteiger partial charge in [-0.15, -0.1) is 0 Å². The first-order valence-corrected chi connectivity index (χ1v) is 10.8. The molecule has 1 amide bonds. The van der Waals surface area contributed by atoms with E-state index in [2.05, 4.69) is 5.32 Å². The van der Waals surface area contributed by atoms with Crippen LogP contribution in [-0.2, 0) is 24.3 Å². The zero-order valence-corrected chi connectivity index (χ0v) is 17.6. The summed E-state index contributed by atoms with van der Waals surface area (Å²) >= 11 is 0. The van der Waals surface area contributed by atoms with Crippen molar-refractivity contribution in [2.24, 2.45) is 0 Å². The van der Waals surface area contributed by atoms with E-state index in [1.54, 1.807) is 0 Å². The highest BCUT2D eigenvalue weighted by Crippen LogP contribution is 2.23. The molecule has 0 spiro atoms. The van der Waals surface area contributed by atoms with Gasteiger partial charge < -0.3 is 14.8 Å². The predicted octanol–water partition coefficient (Wildman–Crippen LogP) is 2.31. The van der Waals surface area contributed by atoms with Crippen LogP contribution in [0.3, 0.4) is 0 Å². The molecule has 172 valence electrons. The van der Waals surface area contributed by atoms with E-state index in [0.717, 1.165) is 40.7 Å². The molecule has 1 aliphatic rings. The minimum atomic E-state index is -4.43. The first kappa shape index (κ1) is 23.7. The third-order valence-electron chi connectivity index (χ3n) is 4.52. The van der Waals surface area contributed by atoms with E-state index >= 15 is 0 Å². The minimum Gasteiger partial charge on any atom is -0.459 e. The van der Waals surface area contributed by atoms with Crippen molar-refractivity contribution in [3.8, 4) is 0 Å². The first-order valence-electron chi connectivity index (χ1n) is 9.39. The number of hydrogen-bond acceptors (Lipinski definition) is 6. The monoisotopic (exact) mass is 472 g/mol. The van der Waals surface area contributed by atoms with Gasteiger partial charge >= 0.3 is 5.97 Å². The lowest BCUT2D eigenvalue weighted by Gasteiger charge is -2.23. The smallest absolute Gasteiger partial charge is 0.303 e. The summed E-state index contributed by atoms with van der Waals surface area (Å²) in [5.41, 5.74) is -0.297. The second-order valence-electron chi connectivity index (χ2n) is 6.90. The maximum Gasteiger partial charge on any atom is 0.303 e. The molecule has 1 saturated heterocycles. The second kappa shape index (κ2) is 9.67. The average Bonchev–Trinajstić information content (AvgIpc) is 2.96. The lowest BCUT2D eigenvalue weighted by Crippen LogP contribution is -2.39. The standard InChI is InChI=1S/C20H19F3N2O6S/c1-12(26)31-15-10-25(6-7-30-11-15)32(28,29)19-8-13(2-4-17(19)22)20(27)24-14-3-5-16(21)18(23)9-14/h2-5,8-9,15H,6-7,10-11H2,1H3,(H,24,27). The highest BCUT2D eigenvalue weighted by atomic mass is 32.2. The Morgan fingerprint density at radius 1 is 1.09 bits per heavy atom. The number of nitrogens with one attached hydrogen (secondary N) is 1. The summed E-state index contributed by atoms with van der Waals surface area (Å²) in [6.45, 7) is 0.760. The number of anilines is 1. The van der Waals surface area contributed by atoms with Crippen molar-refractivity contribution in [3.63, 3.8) is 0 Å². The molecule has 0 aromatic heterocycles. The van der Waals surface area contributed by atoms with Gasteiger partial charge in [0.15, 0.2) is 11.6 Å². The number of carbonyl (C=O) groups excluding carboxylic acids is 2. The van der Waals surface area contributed by atoms with Crippen LogP contribution in [0.4, 0.5) is 18.9 Å². The van der Waals surface area contributed by atoms with E-state index in [0.29, 0.717) is 0 Å². The van der Waals surface area contributed by atoms with Crippen LogP contribution in [0.2, 0.25) is 0 Å². The van der Waals surface area contributed by atoms with Crippen molar-refractivity contribution < 1.29 is 40.7 Å². The molecule has 1 N–H and O–H groups in total. The number of sulfonamides is 1. The van der Waals surface area contributed by atoms with E-state index in [1.165, 1.54) is 6.92 Å². The Kier molecular flexibility index (Phi) is 7.16. The molecule has 1 heterocycles. The van der Waals surface area contributed by atoms with Crippen molar-refractivity contribution >= 4 is 27.6 Å². The maximum absolute atomic E-state index is 14.5. The third kappa shape index (κ3) is 5.44. The van der Waals surface area contributed by atoms with Crippen molar-refractivity contribution in [3.05, 3.63) is 59.4 Å². The Bertz CT molecular complexity index is 1140. The van der Waals surface area contributed by atoms with Gasteiger partial charge in [0.2, 0.25) is 10.0 Å². The lowest BCUT2D eigenvalue weighted by molar-refractivity contribution is -0.148. The van der Waals surface area contributed by atoms with E-state index in [-0.39, 0.29) is 37.6 Å². The molecule has 0 aliphatic carbocycles. The number of hydrogen-bond donors (Lipinski definition) is 1. The number of benzene rings is 2. The topological polar surface area (TPSA) is 102 Å². The summed E-state index contributed by atoms with van der Waals surface area (Å²) in [5, 5.41) is 2.29. The Labute approximate surface area is 182 Å². The van der Waals surface area contributed by atoms with Gasteiger partial charge in [0.25, 0.3) is 5.91 Å². The Morgan fingerprint density at radius 2 is 1.81 bits per heavy atom. The molecule has 2 aromatic rings. The molecular weight excluding hydrogens is 453 g/mol. The van der Waals surface area contributed by atoms with E-state index in [9.17, 15) is 31.2 Å². The quantitative estimate of drug-likeness (QED) is 0.671. The molecule has 2 aromatic carbocycles. The molecule has 8 nitrogen and oxygen atoms in total. The zero-order chi connectivity index (χ0) is 23.5. The summed E-state index contributed by atoms with van der Waals surface area (Å²) < 4.78 is 78.2. The van der Waals surface area contributed by atoms with Crippen molar-refractivity contribution in [1.82, 2.24) is 4.31 Å². The summed E-state index contributed by atoms with van der Waals surface area (Å²) in [6, 6.07) is 5.38. The van der Waals surface area contributed by atoms with Crippen LogP contribution in [0.25, 0.3) is 0 Å². The predicted molar refractivity (Wildman–Crippen MR) is 106 cm³/mol. The summed E-state index contributed by atoms with van der Waals surface area (Å²) in [5.74, 6) is -4.87. The lowest BCUT2D eigenvalue weighted by atomic mass is 10.2. The van der Waals surface area contributed by atoms with Crippen LogP contribution >= 0.6 is 0 Å². The number of amides is 1. The van der Waals surface area contributed by atoms with Gasteiger partial charge in [0.1, 0.15) is 16.8 Å². The van der Waals surface area contributed by atoms with Crippen molar-refractivity contribution in [2.75, 3.05) is 31.6 Å². The van der Waals surface area contributed by atoms with Crippen LogP contribution in [-0.4, -0.2) is 57.0 Å². The number of halogens is 3. The van der Waals surface area contributed by atoms with Gasteiger partial charge in [-0.1, -0.05) is 0 Å². The molecule has 1 unspecified atom stereocenters. The zero-order valence-electron chi connectivity index (χ0n) is 16.8. The van der Waals surface area contributed by atoms with Gasteiger partial charge in [0, 0.05) is 30.8 Å². The highest BCUT2D eigenvalue weighted by molar-refractivity contribution is 7.89. The molecule has 3 rings (SSSR count). The van der Waals surface area contributed by atoms with Crippen LogP contribution < -0.4 is 5.32 Å². The molecule has 0 radical (unpaired) electrons. The van der Waals surface area contributed by atoms with E-state index in [1.807, 2.05) is 0 Å². The van der Waals surface area contributed by atoms with Crippen molar-refractivity contribution in [1.29, 1.82) is 0 Å². The SMILES string of the molecule is CC(=O)OC1COCCN(S(=O)(=O)c2cc(C(=O)Nc3ccc(F)c(F)c3)ccc2F)C1. The van der Waals surface area contributed by atoms with Crippen LogP contribution in [0.5, 0.6) is 0 Å². The van der Waals surface area contributed by atoms with Gasteiger partial charge in [-0.25, -0.2) is 21.6 Å². The average molecular weight is 472 g/mol. The summed E-state index contributed by atoms with van der Waals surface area (Å²) in [4.78, 5) is 22.9. The Morgan fingerprint density at radius 3 is 2.50 bits per heavy atom. The fraction of sp³-hybridized carbons (Fsp3) is 0.300. The van der Waals surface area contributed by atoms with Crippen LogP contribution in [0.15, 0.2) is 41.3 Å². The van der Waals surface area contributed by atoms with Crippen LogP contribution in [0, 0.1) is 17.5 Å². The van der Waals surface area contributed by atoms with Gasteiger partial charge in [-0.05, 0) is 30.3 Å². The van der Waals surface area contributed by atoms with Crippen LogP contribution in [0.1, 0.15) is 17.3 Å². The largest absolute Gasteiger partial charge is 0.459 e. The van der Waals surface area contributed by atoms with Crippen molar-refractivity contribution in [2.45, 2.75) is 17.9 Å². The normalized spacial score (nSPS) is 17.4. The molecule has 0 bridgehead atoms. The molecular formula is C20H19F3N2O6S. The molecule has 1 atom stereocenters. The summed E-state index contributed by atoms with van der Waals surface area (Å²) in [7, 11) is -4.43. The number of carbonyl (C=O) groups is 2. The Hall–Kier alpha value is -2.96.